The second-order valence-corrected chi connectivity index (χ2v) is 4.49. The summed E-state index contributed by atoms with van der Waals surface area (Å²) in [6.07, 6.45) is 1.61. The van der Waals surface area contributed by atoms with Crippen molar-refractivity contribution in [2.24, 2.45) is 11.7 Å². The first-order chi connectivity index (χ1) is 8.69. The summed E-state index contributed by atoms with van der Waals surface area (Å²) in [5, 5.41) is 12.2. The van der Waals surface area contributed by atoms with E-state index in [0.29, 0.717) is 6.54 Å². The van der Waals surface area contributed by atoms with E-state index >= 15 is 0 Å². The van der Waals surface area contributed by atoms with Gasteiger partial charge in [0.25, 0.3) is 0 Å². The summed E-state index contributed by atoms with van der Waals surface area (Å²) in [5.74, 6) is -0.113. The molecule has 1 unspecified atom stereocenters. The highest BCUT2D eigenvalue weighted by Crippen LogP contribution is 2.13. The number of benzene rings is 1. The van der Waals surface area contributed by atoms with Crippen molar-refractivity contribution in [2.45, 2.75) is 25.8 Å². The molecule has 0 spiro atoms. The number of nitrogens with one attached hydrogen (secondary N) is 1. The van der Waals surface area contributed by atoms with Gasteiger partial charge in [-0.15, -0.1) is 0 Å². The fourth-order valence-corrected chi connectivity index (χ4v) is 1.79. The third-order valence-corrected chi connectivity index (χ3v) is 2.99. The predicted octanol–water partition coefficient (Wildman–Crippen LogP) is 1.21. The summed E-state index contributed by atoms with van der Waals surface area (Å²) >= 11 is 0. The minimum atomic E-state index is -0.334. The Morgan fingerprint density at radius 3 is 2.61 bits per heavy atom. The first-order valence-electron chi connectivity index (χ1n) is 6.35. The lowest BCUT2D eigenvalue weighted by Crippen LogP contribution is -2.34. The SMILES string of the molecule is CC(CCCN)C(=O)N[C@@H](CO)c1ccccc1. The van der Waals surface area contributed by atoms with Crippen LogP contribution in [0.25, 0.3) is 0 Å². The highest BCUT2D eigenvalue weighted by atomic mass is 16.3. The van der Waals surface area contributed by atoms with Crippen molar-refractivity contribution in [3.63, 3.8) is 0 Å². The Morgan fingerprint density at radius 1 is 1.39 bits per heavy atom. The first-order valence-corrected chi connectivity index (χ1v) is 6.35. The predicted molar refractivity (Wildman–Crippen MR) is 71.9 cm³/mol. The molecule has 4 nitrogen and oxygen atoms in total. The average molecular weight is 250 g/mol. The lowest BCUT2D eigenvalue weighted by atomic mass is 10.0. The van der Waals surface area contributed by atoms with Gasteiger partial charge in [-0.2, -0.15) is 0 Å². The molecule has 100 valence electrons. The van der Waals surface area contributed by atoms with E-state index in [9.17, 15) is 9.90 Å². The van der Waals surface area contributed by atoms with Gasteiger partial charge in [0.2, 0.25) is 5.91 Å². The maximum Gasteiger partial charge on any atom is 0.223 e. The summed E-state index contributed by atoms with van der Waals surface area (Å²) in [6.45, 7) is 2.38. The quantitative estimate of drug-likeness (QED) is 0.681. The zero-order valence-electron chi connectivity index (χ0n) is 10.8. The molecule has 0 aromatic heterocycles. The monoisotopic (exact) mass is 250 g/mol. The maximum atomic E-state index is 11.9. The number of carbonyl (C=O) groups excluding carboxylic acids is 1. The van der Waals surface area contributed by atoms with Gasteiger partial charge in [-0.25, -0.2) is 0 Å². The molecule has 0 fully saturated rings. The van der Waals surface area contributed by atoms with Crippen LogP contribution in [0.1, 0.15) is 31.4 Å². The summed E-state index contributed by atoms with van der Waals surface area (Å²) in [5.41, 5.74) is 6.34. The average Bonchev–Trinajstić information content (AvgIpc) is 2.42. The largest absolute Gasteiger partial charge is 0.394 e. The highest BCUT2D eigenvalue weighted by Gasteiger charge is 2.17. The highest BCUT2D eigenvalue weighted by molar-refractivity contribution is 5.78. The summed E-state index contributed by atoms with van der Waals surface area (Å²) in [7, 11) is 0. The van der Waals surface area contributed by atoms with Crippen molar-refractivity contribution in [1.82, 2.24) is 5.32 Å². The van der Waals surface area contributed by atoms with E-state index in [1.165, 1.54) is 0 Å². The summed E-state index contributed by atoms with van der Waals surface area (Å²) in [4.78, 5) is 11.9. The number of hydrogen-bond acceptors (Lipinski definition) is 3. The van der Waals surface area contributed by atoms with Gasteiger partial charge in [0, 0.05) is 5.92 Å². The number of amides is 1. The molecule has 1 amide bonds. The van der Waals surface area contributed by atoms with Gasteiger partial charge in [-0.05, 0) is 24.9 Å². The molecule has 1 aromatic carbocycles. The minimum Gasteiger partial charge on any atom is -0.394 e. The molecule has 0 saturated carbocycles. The molecule has 0 saturated heterocycles. The minimum absolute atomic E-state index is 0.0358. The maximum absolute atomic E-state index is 11.9. The van der Waals surface area contributed by atoms with Crippen LogP contribution in [-0.4, -0.2) is 24.2 Å². The van der Waals surface area contributed by atoms with Crippen LogP contribution in [0.3, 0.4) is 0 Å². The number of carbonyl (C=O) groups is 1. The Kier molecular flexibility index (Phi) is 6.39. The lowest BCUT2D eigenvalue weighted by Gasteiger charge is -2.19. The molecule has 4 N–H and O–H groups in total. The zero-order valence-corrected chi connectivity index (χ0v) is 10.8. The fourth-order valence-electron chi connectivity index (χ4n) is 1.79. The number of aliphatic hydroxyl groups excluding tert-OH is 1. The Morgan fingerprint density at radius 2 is 2.06 bits per heavy atom. The molecule has 0 heterocycles. The lowest BCUT2D eigenvalue weighted by molar-refractivity contribution is -0.125. The van der Waals surface area contributed by atoms with Crippen LogP contribution in [0.5, 0.6) is 0 Å². The molecule has 1 aromatic rings. The van der Waals surface area contributed by atoms with Crippen LogP contribution in [-0.2, 0) is 4.79 Å². The van der Waals surface area contributed by atoms with Gasteiger partial charge >= 0.3 is 0 Å². The van der Waals surface area contributed by atoms with Gasteiger partial charge in [0.05, 0.1) is 12.6 Å². The van der Waals surface area contributed by atoms with E-state index in [-0.39, 0.29) is 24.5 Å². The molecule has 1 rings (SSSR count). The van der Waals surface area contributed by atoms with Gasteiger partial charge in [0.1, 0.15) is 0 Å². The molecule has 0 aliphatic heterocycles. The van der Waals surface area contributed by atoms with Crippen LogP contribution in [0.4, 0.5) is 0 Å². The van der Waals surface area contributed by atoms with Crippen molar-refractivity contribution in [3.05, 3.63) is 35.9 Å². The van der Waals surface area contributed by atoms with Crippen molar-refractivity contribution < 1.29 is 9.90 Å². The van der Waals surface area contributed by atoms with Crippen molar-refractivity contribution in [3.8, 4) is 0 Å². The zero-order chi connectivity index (χ0) is 13.4. The second kappa shape index (κ2) is 7.84. The fraction of sp³-hybridized carbons (Fsp3) is 0.500. The number of aliphatic hydroxyl groups is 1. The van der Waals surface area contributed by atoms with E-state index in [0.717, 1.165) is 18.4 Å². The molecular weight excluding hydrogens is 228 g/mol. The van der Waals surface area contributed by atoms with E-state index < -0.39 is 0 Å². The molecular formula is C14H22N2O2. The third-order valence-electron chi connectivity index (χ3n) is 2.99. The topological polar surface area (TPSA) is 75.4 Å². The summed E-state index contributed by atoms with van der Waals surface area (Å²) < 4.78 is 0. The van der Waals surface area contributed by atoms with Crippen LogP contribution in [0, 0.1) is 5.92 Å². The van der Waals surface area contributed by atoms with Crippen molar-refractivity contribution in [1.29, 1.82) is 0 Å². The molecule has 2 atom stereocenters. The second-order valence-electron chi connectivity index (χ2n) is 4.49. The number of nitrogens with two attached hydrogens (primary N) is 1. The Labute approximate surface area is 108 Å². The Bertz CT molecular complexity index is 354. The third kappa shape index (κ3) is 4.47. The van der Waals surface area contributed by atoms with E-state index in [1.807, 2.05) is 37.3 Å². The standard InChI is InChI=1S/C14H22N2O2/c1-11(6-5-9-15)14(18)16-13(10-17)12-7-3-2-4-8-12/h2-4,7-8,11,13,17H,5-6,9-10,15H2,1H3,(H,16,18)/t11?,13-/m0/s1. The number of hydrogen-bond donors (Lipinski definition) is 3. The molecule has 0 bridgehead atoms. The van der Waals surface area contributed by atoms with Crippen LogP contribution >= 0.6 is 0 Å². The smallest absolute Gasteiger partial charge is 0.223 e. The molecule has 0 aliphatic carbocycles. The van der Waals surface area contributed by atoms with E-state index in [2.05, 4.69) is 5.32 Å². The Hall–Kier alpha value is -1.39. The van der Waals surface area contributed by atoms with Crippen molar-refractivity contribution in [2.75, 3.05) is 13.2 Å². The molecule has 18 heavy (non-hydrogen) atoms. The van der Waals surface area contributed by atoms with Gasteiger partial charge < -0.3 is 16.2 Å². The number of rotatable bonds is 7. The Balaban J connectivity index is 2.56. The normalized spacial score (nSPS) is 13.9. The molecule has 0 aliphatic rings. The van der Waals surface area contributed by atoms with Gasteiger partial charge in [0.15, 0.2) is 0 Å². The van der Waals surface area contributed by atoms with Crippen molar-refractivity contribution >= 4 is 5.91 Å². The molecule has 4 heteroatoms. The summed E-state index contributed by atoms with van der Waals surface area (Å²) in [6, 6.07) is 9.14. The van der Waals surface area contributed by atoms with Crippen LogP contribution in [0.2, 0.25) is 0 Å². The van der Waals surface area contributed by atoms with Crippen LogP contribution < -0.4 is 11.1 Å². The first kappa shape index (κ1) is 14.7. The van der Waals surface area contributed by atoms with Gasteiger partial charge in [-0.1, -0.05) is 37.3 Å². The van der Waals surface area contributed by atoms with Gasteiger partial charge in [-0.3, -0.25) is 4.79 Å². The molecule has 0 radical (unpaired) electrons. The van der Waals surface area contributed by atoms with E-state index in [4.69, 9.17) is 5.73 Å². The van der Waals surface area contributed by atoms with Crippen LogP contribution in [0.15, 0.2) is 30.3 Å². The van der Waals surface area contributed by atoms with E-state index in [1.54, 1.807) is 0 Å².